The van der Waals surface area contributed by atoms with E-state index in [9.17, 15) is 0 Å². The van der Waals surface area contributed by atoms with Crippen LogP contribution in [0.1, 0.15) is 53.4 Å². The molecule has 0 aromatic heterocycles. The van der Waals surface area contributed by atoms with Gasteiger partial charge in [-0.25, -0.2) is 0 Å². The molecule has 0 aliphatic heterocycles. The first-order valence-corrected chi connectivity index (χ1v) is 5.73. The van der Waals surface area contributed by atoms with Gasteiger partial charge >= 0.3 is 0 Å². The predicted molar refractivity (Wildman–Crippen MR) is 58.6 cm³/mol. The van der Waals surface area contributed by atoms with Crippen molar-refractivity contribution in [3.05, 3.63) is 0 Å². The summed E-state index contributed by atoms with van der Waals surface area (Å²) in [6, 6.07) is 0.471. The van der Waals surface area contributed by atoms with Crippen LogP contribution in [0.25, 0.3) is 0 Å². The van der Waals surface area contributed by atoms with Crippen LogP contribution >= 0.6 is 0 Å². The van der Waals surface area contributed by atoms with Gasteiger partial charge in [0.1, 0.15) is 0 Å². The Morgan fingerprint density at radius 3 is 2.38 bits per heavy atom. The van der Waals surface area contributed by atoms with Gasteiger partial charge in [-0.05, 0) is 36.5 Å². The molecule has 0 aromatic carbocycles. The zero-order valence-corrected chi connectivity index (χ0v) is 9.64. The zero-order chi connectivity index (χ0) is 10.1. The van der Waals surface area contributed by atoms with Crippen molar-refractivity contribution in [3.63, 3.8) is 0 Å². The highest BCUT2D eigenvalue weighted by Crippen LogP contribution is 2.43. The summed E-state index contributed by atoms with van der Waals surface area (Å²) in [4.78, 5) is 0. The van der Waals surface area contributed by atoms with E-state index in [-0.39, 0.29) is 0 Å². The molecule has 3 atom stereocenters. The lowest BCUT2D eigenvalue weighted by Crippen LogP contribution is -2.38. The summed E-state index contributed by atoms with van der Waals surface area (Å²) in [5.74, 6) is 1.70. The van der Waals surface area contributed by atoms with Gasteiger partial charge in [-0.1, -0.05) is 34.1 Å². The Bertz CT molecular complexity index is 163. The lowest BCUT2D eigenvalue weighted by atomic mass is 9.64. The van der Waals surface area contributed by atoms with E-state index in [1.54, 1.807) is 0 Å². The molecule has 1 aliphatic carbocycles. The van der Waals surface area contributed by atoms with Crippen LogP contribution < -0.4 is 5.73 Å². The number of hydrogen-bond acceptors (Lipinski definition) is 1. The van der Waals surface area contributed by atoms with Crippen molar-refractivity contribution in [2.75, 3.05) is 0 Å². The Kier molecular flexibility index (Phi) is 3.39. The summed E-state index contributed by atoms with van der Waals surface area (Å²) >= 11 is 0. The van der Waals surface area contributed by atoms with Gasteiger partial charge in [0.15, 0.2) is 0 Å². The van der Waals surface area contributed by atoms with Crippen molar-refractivity contribution >= 4 is 0 Å². The lowest BCUT2D eigenvalue weighted by Gasteiger charge is -2.42. The highest BCUT2D eigenvalue weighted by molar-refractivity contribution is 4.87. The van der Waals surface area contributed by atoms with Crippen molar-refractivity contribution in [1.82, 2.24) is 0 Å². The predicted octanol–water partition coefficient (Wildman–Crippen LogP) is 3.19. The van der Waals surface area contributed by atoms with Crippen LogP contribution in [0.5, 0.6) is 0 Å². The van der Waals surface area contributed by atoms with E-state index in [0.29, 0.717) is 11.5 Å². The molecule has 1 aliphatic rings. The molecule has 0 spiro atoms. The average molecular weight is 183 g/mol. The molecule has 0 heterocycles. The molecule has 0 bridgehead atoms. The first kappa shape index (κ1) is 11.0. The summed E-state index contributed by atoms with van der Waals surface area (Å²) < 4.78 is 0. The van der Waals surface area contributed by atoms with Crippen LogP contribution in [-0.4, -0.2) is 6.04 Å². The molecule has 3 unspecified atom stereocenters. The van der Waals surface area contributed by atoms with Crippen LogP contribution in [0.4, 0.5) is 0 Å². The van der Waals surface area contributed by atoms with E-state index in [0.717, 1.165) is 11.8 Å². The summed E-state index contributed by atoms with van der Waals surface area (Å²) in [5.41, 5.74) is 6.49. The van der Waals surface area contributed by atoms with E-state index in [1.165, 1.54) is 25.7 Å². The fraction of sp³-hybridized carbons (Fsp3) is 1.00. The molecule has 1 fully saturated rings. The zero-order valence-electron chi connectivity index (χ0n) is 9.64. The maximum Gasteiger partial charge on any atom is 0.00415 e. The number of rotatable bonds is 2. The van der Waals surface area contributed by atoms with Gasteiger partial charge in [0.05, 0.1) is 0 Å². The molecule has 1 saturated carbocycles. The minimum absolute atomic E-state index is 0.471. The average Bonchev–Trinajstić information content (AvgIpc) is 2.03. The van der Waals surface area contributed by atoms with Crippen LogP contribution in [0.3, 0.4) is 0 Å². The third-order valence-corrected chi connectivity index (χ3v) is 4.12. The van der Waals surface area contributed by atoms with Gasteiger partial charge in [-0.15, -0.1) is 0 Å². The summed E-state index contributed by atoms with van der Waals surface area (Å²) in [6.45, 7) is 9.50. The van der Waals surface area contributed by atoms with Crippen molar-refractivity contribution in [2.24, 2.45) is 23.0 Å². The quantitative estimate of drug-likeness (QED) is 0.699. The Hall–Kier alpha value is -0.0400. The summed E-state index contributed by atoms with van der Waals surface area (Å²) in [6.07, 6.45) is 5.09. The highest BCUT2D eigenvalue weighted by atomic mass is 14.6. The molecule has 13 heavy (non-hydrogen) atoms. The molecule has 0 saturated heterocycles. The minimum Gasteiger partial charge on any atom is -0.328 e. The molecule has 0 amide bonds. The molecule has 0 radical (unpaired) electrons. The normalized spacial score (nSPS) is 36.2. The summed E-state index contributed by atoms with van der Waals surface area (Å²) in [7, 11) is 0. The van der Waals surface area contributed by atoms with E-state index >= 15 is 0 Å². The van der Waals surface area contributed by atoms with E-state index in [2.05, 4.69) is 27.7 Å². The van der Waals surface area contributed by atoms with E-state index in [1.807, 2.05) is 0 Å². The van der Waals surface area contributed by atoms with E-state index in [4.69, 9.17) is 5.73 Å². The van der Waals surface area contributed by atoms with Crippen molar-refractivity contribution in [2.45, 2.75) is 59.4 Å². The first-order valence-electron chi connectivity index (χ1n) is 5.73. The van der Waals surface area contributed by atoms with Gasteiger partial charge in [0, 0.05) is 6.04 Å². The molecule has 1 heteroatoms. The minimum atomic E-state index is 0.471. The van der Waals surface area contributed by atoms with Gasteiger partial charge in [-0.3, -0.25) is 0 Å². The monoisotopic (exact) mass is 183 g/mol. The third-order valence-electron chi connectivity index (χ3n) is 4.12. The second kappa shape index (κ2) is 4.00. The van der Waals surface area contributed by atoms with Gasteiger partial charge in [0.2, 0.25) is 0 Å². The fourth-order valence-corrected chi connectivity index (χ4v) is 2.86. The molecule has 78 valence electrons. The summed E-state index contributed by atoms with van der Waals surface area (Å²) in [5, 5.41) is 0. The standard InChI is InChI=1S/C12H25N/c1-5-12(3,4)11-7-6-10(13)8-9(11)2/h9-11H,5-8,13H2,1-4H3. The number of hydrogen-bond donors (Lipinski definition) is 1. The van der Waals surface area contributed by atoms with Gasteiger partial charge in [-0.2, -0.15) is 0 Å². The highest BCUT2D eigenvalue weighted by Gasteiger charge is 2.35. The molecular weight excluding hydrogens is 158 g/mol. The third kappa shape index (κ3) is 2.46. The van der Waals surface area contributed by atoms with Crippen molar-refractivity contribution < 1.29 is 0 Å². The smallest absolute Gasteiger partial charge is 0.00415 e. The first-order chi connectivity index (χ1) is 5.97. The molecule has 1 rings (SSSR count). The second-order valence-corrected chi connectivity index (χ2v) is 5.50. The van der Waals surface area contributed by atoms with Gasteiger partial charge in [0.25, 0.3) is 0 Å². The molecule has 1 nitrogen and oxygen atoms in total. The topological polar surface area (TPSA) is 26.0 Å². The molecular formula is C12H25N. The van der Waals surface area contributed by atoms with E-state index < -0.39 is 0 Å². The fourth-order valence-electron chi connectivity index (χ4n) is 2.86. The van der Waals surface area contributed by atoms with Crippen molar-refractivity contribution in [3.8, 4) is 0 Å². The Morgan fingerprint density at radius 2 is 1.92 bits per heavy atom. The Labute approximate surface area is 83.1 Å². The largest absolute Gasteiger partial charge is 0.328 e. The maximum atomic E-state index is 5.97. The molecule has 2 N–H and O–H groups in total. The number of nitrogens with two attached hydrogens (primary N) is 1. The SMILES string of the molecule is CCC(C)(C)C1CCC(N)CC1C. The van der Waals surface area contributed by atoms with Crippen LogP contribution in [0, 0.1) is 17.3 Å². The second-order valence-electron chi connectivity index (χ2n) is 5.50. The molecule has 0 aromatic rings. The lowest BCUT2D eigenvalue weighted by molar-refractivity contribution is 0.0903. The Morgan fingerprint density at radius 1 is 1.31 bits per heavy atom. The Balaban J connectivity index is 2.60. The van der Waals surface area contributed by atoms with Crippen LogP contribution in [-0.2, 0) is 0 Å². The van der Waals surface area contributed by atoms with Gasteiger partial charge < -0.3 is 5.73 Å². The maximum absolute atomic E-state index is 5.97. The van der Waals surface area contributed by atoms with Crippen molar-refractivity contribution in [1.29, 1.82) is 0 Å². The van der Waals surface area contributed by atoms with Crippen LogP contribution in [0.15, 0.2) is 0 Å². The van der Waals surface area contributed by atoms with Crippen LogP contribution in [0.2, 0.25) is 0 Å².